The zero-order valence-corrected chi connectivity index (χ0v) is 22.8. The summed E-state index contributed by atoms with van der Waals surface area (Å²) in [5.74, 6) is -0.0877. The molecule has 16 nitrogen and oxygen atoms in total. The molecule has 0 bridgehead atoms. The highest BCUT2D eigenvalue weighted by Crippen LogP contribution is 1.99. The summed E-state index contributed by atoms with van der Waals surface area (Å²) in [6.07, 6.45) is 1.99. The number of nitrogens with one attached hydrogen (secondary N) is 7. The van der Waals surface area contributed by atoms with Gasteiger partial charge in [0.2, 0.25) is 17.8 Å². The first-order valence-electron chi connectivity index (χ1n) is 13.0. The third kappa shape index (κ3) is 13.5. The monoisotopic (exact) mass is 562 g/mol. The molecule has 2 heterocycles. The molecule has 0 saturated heterocycles. The number of aliphatic hydroxyl groups is 1. The highest BCUT2D eigenvalue weighted by atomic mass is 16.3. The molecular formula is C24H38N10O6. The van der Waals surface area contributed by atoms with Gasteiger partial charge in [-0.25, -0.2) is 9.59 Å². The average molecular weight is 563 g/mol. The van der Waals surface area contributed by atoms with Gasteiger partial charge in [-0.1, -0.05) is 0 Å². The summed E-state index contributed by atoms with van der Waals surface area (Å²) < 4.78 is 0. The van der Waals surface area contributed by atoms with Crippen molar-refractivity contribution in [3.05, 3.63) is 44.2 Å². The van der Waals surface area contributed by atoms with E-state index in [9.17, 15) is 24.0 Å². The Labute approximate surface area is 230 Å². The fourth-order valence-corrected chi connectivity index (χ4v) is 3.64. The molecule has 5 amide bonds. The van der Waals surface area contributed by atoms with Gasteiger partial charge in [-0.05, 0) is 52.7 Å². The van der Waals surface area contributed by atoms with Crippen molar-refractivity contribution >= 4 is 29.9 Å². The van der Waals surface area contributed by atoms with Crippen LogP contribution in [0, 0.1) is 13.8 Å². The number of aryl methyl sites for hydroxylation is 2. The molecule has 0 aromatic carbocycles. The smallest absolute Gasteiger partial charge is 0.321 e. The van der Waals surface area contributed by atoms with Crippen molar-refractivity contribution in [2.75, 3.05) is 56.5 Å². The van der Waals surface area contributed by atoms with E-state index >= 15 is 0 Å². The number of aliphatic hydroxyl groups excluding tert-OH is 1. The molecule has 0 radical (unpaired) electrons. The third-order valence-electron chi connectivity index (χ3n) is 5.40. The Morgan fingerprint density at radius 1 is 0.775 bits per heavy atom. The van der Waals surface area contributed by atoms with Crippen molar-refractivity contribution in [2.24, 2.45) is 0 Å². The molecule has 0 spiro atoms. The zero-order valence-electron chi connectivity index (χ0n) is 22.8. The standard InChI is InChI=1S/C24H38N10O6/c1-16-14-19(37)30-21(28-16)32-23(39)26-8-4-11-34(10-3-7-25-18(36)6-13-35)12-5-9-27-24(40)33-22-29-17(2)15-20(38)31-22/h14-15,35H,3-13H2,1-2H3,(H,25,36)(H3,26,28,30,32,37,39)(H3,27,29,31,33,38,40). The number of urea groups is 2. The summed E-state index contributed by atoms with van der Waals surface area (Å²) in [6, 6.07) is 1.65. The predicted molar refractivity (Wildman–Crippen MR) is 148 cm³/mol. The number of hydrogen-bond acceptors (Lipinski definition) is 9. The van der Waals surface area contributed by atoms with Crippen molar-refractivity contribution in [3.8, 4) is 0 Å². The molecule has 0 saturated carbocycles. The molecule has 0 unspecified atom stereocenters. The van der Waals surface area contributed by atoms with Gasteiger partial charge in [0.25, 0.3) is 11.1 Å². The van der Waals surface area contributed by atoms with E-state index in [2.05, 4.69) is 51.4 Å². The second kappa shape index (κ2) is 17.3. The number of carbonyl (C=O) groups is 3. The molecular weight excluding hydrogens is 524 g/mol. The van der Waals surface area contributed by atoms with Crippen LogP contribution in [-0.2, 0) is 4.79 Å². The first-order chi connectivity index (χ1) is 19.1. The van der Waals surface area contributed by atoms with E-state index in [1.165, 1.54) is 12.1 Å². The van der Waals surface area contributed by atoms with Crippen LogP contribution in [0.2, 0.25) is 0 Å². The fraction of sp³-hybridized carbons (Fsp3) is 0.542. The van der Waals surface area contributed by atoms with Gasteiger partial charge in [0, 0.05) is 49.6 Å². The molecule has 40 heavy (non-hydrogen) atoms. The van der Waals surface area contributed by atoms with Gasteiger partial charge in [-0.15, -0.1) is 0 Å². The van der Waals surface area contributed by atoms with Gasteiger partial charge in [0.15, 0.2) is 0 Å². The Morgan fingerprint density at radius 3 is 1.60 bits per heavy atom. The molecule has 16 heteroatoms. The van der Waals surface area contributed by atoms with Crippen molar-refractivity contribution in [1.82, 2.24) is 40.8 Å². The molecule has 0 aliphatic carbocycles. The maximum Gasteiger partial charge on any atom is 0.321 e. The molecule has 8 N–H and O–H groups in total. The summed E-state index contributed by atoms with van der Waals surface area (Å²) in [5.41, 5.74) is 0.242. The fourth-order valence-electron chi connectivity index (χ4n) is 3.64. The Morgan fingerprint density at radius 2 is 1.20 bits per heavy atom. The molecule has 2 rings (SSSR count). The Balaban J connectivity index is 1.75. The predicted octanol–water partition coefficient (Wildman–Crippen LogP) is -0.616. The number of carbonyl (C=O) groups excluding carboxylic acids is 3. The number of rotatable bonds is 16. The number of aromatic nitrogens is 4. The highest BCUT2D eigenvalue weighted by Gasteiger charge is 2.09. The Hall–Kier alpha value is -4.31. The zero-order chi connectivity index (χ0) is 29.3. The molecule has 0 aliphatic heterocycles. The topological polar surface area (TPSA) is 226 Å². The molecule has 2 aromatic heterocycles. The van der Waals surface area contributed by atoms with Gasteiger partial charge < -0.3 is 35.9 Å². The van der Waals surface area contributed by atoms with Crippen LogP contribution < -0.4 is 37.7 Å². The van der Waals surface area contributed by atoms with E-state index in [0.29, 0.717) is 69.9 Å². The van der Waals surface area contributed by atoms with Crippen molar-refractivity contribution in [1.29, 1.82) is 0 Å². The summed E-state index contributed by atoms with van der Waals surface area (Å²) in [5, 5.41) is 22.0. The number of aromatic amines is 2. The summed E-state index contributed by atoms with van der Waals surface area (Å²) >= 11 is 0. The molecule has 0 fully saturated rings. The first-order valence-corrected chi connectivity index (χ1v) is 13.0. The van der Waals surface area contributed by atoms with Crippen LogP contribution in [0.15, 0.2) is 21.7 Å². The van der Waals surface area contributed by atoms with Crippen LogP contribution >= 0.6 is 0 Å². The Kier molecular flexibility index (Phi) is 13.8. The quantitative estimate of drug-likeness (QED) is 0.122. The van der Waals surface area contributed by atoms with Gasteiger partial charge in [0.1, 0.15) is 0 Å². The summed E-state index contributed by atoms with van der Waals surface area (Å²) in [7, 11) is 0. The van der Waals surface area contributed by atoms with Crippen LogP contribution in [0.25, 0.3) is 0 Å². The number of nitrogens with zero attached hydrogens (tertiary/aromatic N) is 3. The Bertz CT molecular complexity index is 1150. The van der Waals surface area contributed by atoms with E-state index in [1.807, 2.05) is 0 Å². The normalized spacial score (nSPS) is 10.7. The maximum atomic E-state index is 12.1. The van der Waals surface area contributed by atoms with Gasteiger partial charge in [0.05, 0.1) is 6.61 Å². The third-order valence-corrected chi connectivity index (χ3v) is 5.40. The summed E-state index contributed by atoms with van der Waals surface area (Å²) in [4.78, 5) is 73.9. The van der Waals surface area contributed by atoms with Crippen LogP contribution in [-0.4, -0.2) is 93.8 Å². The SMILES string of the molecule is Cc1cc(=O)nc(NC(=O)NCCCN(CCCNC(=O)CCO)CCCNC(=O)Nc2nc(=O)cc(C)[nH]2)[nH]1. The minimum absolute atomic E-state index is 0.0586. The first kappa shape index (κ1) is 31.9. The van der Waals surface area contributed by atoms with Crippen LogP contribution in [0.5, 0.6) is 0 Å². The van der Waals surface area contributed by atoms with Crippen LogP contribution in [0.4, 0.5) is 21.5 Å². The van der Waals surface area contributed by atoms with E-state index < -0.39 is 23.2 Å². The molecule has 0 atom stereocenters. The highest BCUT2D eigenvalue weighted by molar-refractivity contribution is 5.87. The number of hydrogen-bond donors (Lipinski definition) is 8. The van der Waals surface area contributed by atoms with E-state index in [-0.39, 0.29) is 30.8 Å². The number of anilines is 2. The van der Waals surface area contributed by atoms with Gasteiger partial charge >= 0.3 is 12.1 Å². The van der Waals surface area contributed by atoms with E-state index in [0.717, 1.165) is 0 Å². The lowest BCUT2D eigenvalue weighted by Gasteiger charge is -2.22. The lowest BCUT2D eigenvalue weighted by atomic mass is 10.3. The van der Waals surface area contributed by atoms with Crippen LogP contribution in [0.3, 0.4) is 0 Å². The second-order valence-electron chi connectivity index (χ2n) is 8.99. The molecule has 220 valence electrons. The average Bonchev–Trinajstić information content (AvgIpc) is 2.85. The van der Waals surface area contributed by atoms with Gasteiger partial charge in [-0.2, -0.15) is 9.97 Å². The molecule has 2 aromatic rings. The summed E-state index contributed by atoms with van der Waals surface area (Å²) in [6.45, 7) is 6.32. The van der Waals surface area contributed by atoms with Crippen molar-refractivity contribution in [2.45, 2.75) is 39.5 Å². The van der Waals surface area contributed by atoms with Gasteiger partial charge in [-0.3, -0.25) is 25.0 Å². The number of H-pyrrole nitrogens is 2. The van der Waals surface area contributed by atoms with E-state index in [4.69, 9.17) is 5.11 Å². The lowest BCUT2D eigenvalue weighted by molar-refractivity contribution is -0.121. The number of amides is 5. The maximum absolute atomic E-state index is 12.1. The largest absolute Gasteiger partial charge is 0.396 e. The molecule has 0 aliphatic rings. The van der Waals surface area contributed by atoms with E-state index in [1.54, 1.807) is 13.8 Å². The van der Waals surface area contributed by atoms with Crippen LogP contribution in [0.1, 0.15) is 37.1 Å². The lowest BCUT2D eigenvalue weighted by Crippen LogP contribution is -2.36. The second-order valence-corrected chi connectivity index (χ2v) is 8.99. The minimum atomic E-state index is -0.494. The van der Waals surface area contributed by atoms with Crippen molar-refractivity contribution < 1.29 is 19.5 Å². The van der Waals surface area contributed by atoms with Crippen molar-refractivity contribution in [3.63, 3.8) is 0 Å². The minimum Gasteiger partial charge on any atom is -0.396 e.